The summed E-state index contributed by atoms with van der Waals surface area (Å²) in [5, 5.41) is 17.7. The van der Waals surface area contributed by atoms with E-state index >= 15 is 0 Å². The predicted octanol–water partition coefficient (Wildman–Crippen LogP) is 2.28. The topological polar surface area (TPSA) is 83.6 Å². The van der Waals surface area contributed by atoms with Gasteiger partial charge in [-0.2, -0.15) is 10.2 Å². The van der Waals surface area contributed by atoms with Crippen molar-refractivity contribution < 1.29 is 0 Å². The Morgan fingerprint density at radius 1 is 1.05 bits per heavy atom. The minimum atomic E-state index is -0.219. The Labute approximate surface area is 120 Å². The molecule has 2 N–H and O–H groups in total. The number of benzene rings is 1. The molecule has 0 atom stereocenters. The summed E-state index contributed by atoms with van der Waals surface area (Å²) < 4.78 is 0. The first-order valence-corrected chi connectivity index (χ1v) is 6.44. The molecule has 0 aliphatic rings. The van der Waals surface area contributed by atoms with Gasteiger partial charge in [-0.05, 0) is 37.3 Å². The van der Waals surface area contributed by atoms with Crippen LogP contribution in [0.5, 0.6) is 0 Å². The zero-order valence-electron chi connectivity index (χ0n) is 11.4. The molecule has 1 aromatic carbocycles. The Bertz CT molecular complexity index is 790. The summed E-state index contributed by atoms with van der Waals surface area (Å²) in [5.74, 6) is 0.673. The minimum Gasteiger partial charge on any atom is -0.339 e. The van der Waals surface area contributed by atoms with Gasteiger partial charge in [-0.1, -0.05) is 12.1 Å². The van der Waals surface area contributed by atoms with Crippen LogP contribution in [0.2, 0.25) is 0 Å². The highest BCUT2D eigenvalue weighted by molar-refractivity contribution is 5.67. The second kappa shape index (κ2) is 5.54. The van der Waals surface area contributed by atoms with Crippen LogP contribution in [-0.2, 0) is 0 Å². The summed E-state index contributed by atoms with van der Waals surface area (Å²) in [6.07, 6.45) is 0. The van der Waals surface area contributed by atoms with Crippen molar-refractivity contribution in [1.29, 1.82) is 0 Å². The summed E-state index contributed by atoms with van der Waals surface area (Å²) in [4.78, 5) is 11.0. The van der Waals surface area contributed by atoms with E-state index < -0.39 is 0 Å². The molecule has 6 heteroatoms. The molecule has 3 rings (SSSR count). The van der Waals surface area contributed by atoms with E-state index in [0.29, 0.717) is 11.5 Å². The molecule has 104 valence electrons. The second-order valence-electron chi connectivity index (χ2n) is 4.57. The van der Waals surface area contributed by atoms with Crippen LogP contribution < -0.4 is 10.9 Å². The first-order chi connectivity index (χ1) is 10.2. The molecule has 2 aromatic heterocycles. The maximum Gasteiger partial charge on any atom is 0.264 e. The number of H-pyrrole nitrogens is 1. The molecule has 3 aromatic rings. The normalized spacial score (nSPS) is 10.3. The Hall–Kier alpha value is -3.02. The average Bonchev–Trinajstić information content (AvgIpc) is 2.51. The van der Waals surface area contributed by atoms with Crippen LogP contribution in [0.25, 0.3) is 11.3 Å². The van der Waals surface area contributed by atoms with Gasteiger partial charge in [-0.15, -0.1) is 5.10 Å². The number of nitrogens with one attached hydrogen (secondary N) is 2. The molecule has 0 saturated carbocycles. The molecule has 0 radical (unpaired) electrons. The molecular weight excluding hydrogens is 266 g/mol. The summed E-state index contributed by atoms with van der Waals surface area (Å²) in [6, 6.07) is 14.6. The van der Waals surface area contributed by atoms with Gasteiger partial charge in [0.25, 0.3) is 5.56 Å². The van der Waals surface area contributed by atoms with Gasteiger partial charge in [0.1, 0.15) is 0 Å². The Morgan fingerprint density at radius 3 is 2.67 bits per heavy atom. The third kappa shape index (κ3) is 3.11. The van der Waals surface area contributed by atoms with Crippen LogP contribution in [0.1, 0.15) is 5.69 Å². The number of aromatic nitrogens is 4. The number of aryl methyl sites for hydroxylation is 1. The van der Waals surface area contributed by atoms with E-state index in [1.807, 2.05) is 43.3 Å². The monoisotopic (exact) mass is 279 g/mol. The van der Waals surface area contributed by atoms with E-state index in [0.717, 1.165) is 16.9 Å². The Kier molecular flexibility index (Phi) is 3.42. The summed E-state index contributed by atoms with van der Waals surface area (Å²) >= 11 is 0. The van der Waals surface area contributed by atoms with Gasteiger partial charge < -0.3 is 5.32 Å². The van der Waals surface area contributed by atoms with Crippen molar-refractivity contribution in [3.8, 4) is 11.3 Å². The van der Waals surface area contributed by atoms with Crippen LogP contribution in [0.15, 0.2) is 53.3 Å². The zero-order chi connectivity index (χ0) is 14.7. The van der Waals surface area contributed by atoms with Crippen LogP contribution in [0, 0.1) is 6.92 Å². The summed E-state index contributed by atoms with van der Waals surface area (Å²) in [7, 11) is 0. The summed E-state index contributed by atoms with van der Waals surface area (Å²) in [6.45, 7) is 1.89. The first kappa shape index (κ1) is 13.0. The third-order valence-corrected chi connectivity index (χ3v) is 2.91. The van der Waals surface area contributed by atoms with Crippen molar-refractivity contribution in [3.05, 3.63) is 64.6 Å². The predicted molar refractivity (Wildman–Crippen MR) is 80.3 cm³/mol. The SMILES string of the molecule is Cc1ccc(Nc2cccc(-c3ccc(=O)[nH]n3)c2)nn1. The van der Waals surface area contributed by atoms with E-state index in [1.54, 1.807) is 6.07 Å². The number of aromatic amines is 1. The molecule has 0 saturated heterocycles. The molecule has 0 aliphatic heterocycles. The molecule has 0 spiro atoms. The first-order valence-electron chi connectivity index (χ1n) is 6.44. The maximum absolute atomic E-state index is 11.0. The molecule has 0 fully saturated rings. The lowest BCUT2D eigenvalue weighted by Gasteiger charge is -2.07. The second-order valence-corrected chi connectivity index (χ2v) is 4.57. The van der Waals surface area contributed by atoms with Crippen LogP contribution in [-0.4, -0.2) is 20.4 Å². The number of anilines is 2. The van der Waals surface area contributed by atoms with Crippen molar-refractivity contribution in [3.63, 3.8) is 0 Å². The molecule has 6 nitrogen and oxygen atoms in total. The number of hydrogen-bond acceptors (Lipinski definition) is 5. The molecule has 0 aliphatic carbocycles. The van der Waals surface area contributed by atoms with E-state index in [9.17, 15) is 4.79 Å². The van der Waals surface area contributed by atoms with Gasteiger partial charge in [-0.3, -0.25) is 4.79 Å². The quantitative estimate of drug-likeness (QED) is 0.768. The van der Waals surface area contributed by atoms with Crippen molar-refractivity contribution in [2.45, 2.75) is 6.92 Å². The lowest BCUT2D eigenvalue weighted by Crippen LogP contribution is -2.05. The lowest BCUT2D eigenvalue weighted by molar-refractivity contribution is 0.985. The number of rotatable bonds is 3. The van der Waals surface area contributed by atoms with Crippen molar-refractivity contribution in [2.24, 2.45) is 0 Å². The molecule has 0 bridgehead atoms. The highest BCUT2D eigenvalue weighted by Crippen LogP contribution is 2.21. The van der Waals surface area contributed by atoms with E-state index in [1.165, 1.54) is 6.07 Å². The fourth-order valence-corrected chi connectivity index (χ4v) is 1.88. The average molecular weight is 279 g/mol. The fraction of sp³-hybridized carbons (Fsp3) is 0.0667. The molecule has 0 unspecified atom stereocenters. The molecule has 21 heavy (non-hydrogen) atoms. The number of hydrogen-bond donors (Lipinski definition) is 2. The Balaban J connectivity index is 1.87. The van der Waals surface area contributed by atoms with Gasteiger partial charge in [0.2, 0.25) is 0 Å². The van der Waals surface area contributed by atoms with Crippen molar-refractivity contribution >= 4 is 11.5 Å². The highest BCUT2D eigenvalue weighted by atomic mass is 16.1. The van der Waals surface area contributed by atoms with Gasteiger partial charge >= 0.3 is 0 Å². The van der Waals surface area contributed by atoms with E-state index in [2.05, 4.69) is 25.7 Å². The molecule has 2 heterocycles. The molecular formula is C15H13N5O. The van der Waals surface area contributed by atoms with Gasteiger partial charge in [0, 0.05) is 17.3 Å². The Morgan fingerprint density at radius 2 is 1.95 bits per heavy atom. The highest BCUT2D eigenvalue weighted by Gasteiger charge is 2.02. The summed E-state index contributed by atoms with van der Waals surface area (Å²) in [5.41, 5.74) is 3.12. The fourth-order valence-electron chi connectivity index (χ4n) is 1.88. The van der Waals surface area contributed by atoms with E-state index in [4.69, 9.17) is 0 Å². The van der Waals surface area contributed by atoms with Gasteiger partial charge in [0.15, 0.2) is 5.82 Å². The third-order valence-electron chi connectivity index (χ3n) is 2.91. The zero-order valence-corrected chi connectivity index (χ0v) is 11.4. The molecule has 0 amide bonds. The standard InChI is InChI=1S/C15H13N5O/c1-10-5-7-14(19-17-10)16-12-4-2-3-11(9-12)13-6-8-15(21)20-18-13/h2-9H,1H3,(H,16,19)(H,20,21). The number of nitrogens with zero attached hydrogens (tertiary/aromatic N) is 3. The van der Waals surface area contributed by atoms with Crippen LogP contribution in [0.3, 0.4) is 0 Å². The lowest BCUT2D eigenvalue weighted by atomic mass is 10.1. The van der Waals surface area contributed by atoms with Crippen molar-refractivity contribution in [2.75, 3.05) is 5.32 Å². The van der Waals surface area contributed by atoms with E-state index in [-0.39, 0.29) is 5.56 Å². The van der Waals surface area contributed by atoms with Crippen LogP contribution >= 0.6 is 0 Å². The van der Waals surface area contributed by atoms with Crippen LogP contribution in [0.4, 0.5) is 11.5 Å². The van der Waals surface area contributed by atoms with Crippen molar-refractivity contribution in [1.82, 2.24) is 20.4 Å². The largest absolute Gasteiger partial charge is 0.339 e. The van der Waals surface area contributed by atoms with Gasteiger partial charge in [0.05, 0.1) is 11.4 Å². The van der Waals surface area contributed by atoms with Gasteiger partial charge in [-0.25, -0.2) is 5.10 Å². The minimum absolute atomic E-state index is 0.219. The smallest absolute Gasteiger partial charge is 0.264 e. The maximum atomic E-state index is 11.0.